The molecule has 2 aromatic carbocycles. The summed E-state index contributed by atoms with van der Waals surface area (Å²) in [5.41, 5.74) is 0.741. The first-order chi connectivity index (χ1) is 15.0. The molecule has 0 bridgehead atoms. The Kier molecular flexibility index (Phi) is 7.59. The van der Waals surface area contributed by atoms with Gasteiger partial charge in [0.15, 0.2) is 33.7 Å². The summed E-state index contributed by atoms with van der Waals surface area (Å²) in [6.07, 6.45) is 3.23. The first-order valence-corrected chi connectivity index (χ1v) is 10.7. The van der Waals surface area contributed by atoms with E-state index in [1.807, 2.05) is 24.3 Å². The zero-order chi connectivity index (χ0) is 22.3. The molecule has 1 atom stereocenters. The maximum atomic E-state index is 13.1. The molecule has 1 fully saturated rings. The van der Waals surface area contributed by atoms with E-state index >= 15 is 0 Å². The van der Waals surface area contributed by atoms with Crippen molar-refractivity contribution in [2.24, 2.45) is 0 Å². The van der Waals surface area contributed by atoms with Gasteiger partial charge in [0.1, 0.15) is 6.61 Å². The van der Waals surface area contributed by atoms with Crippen LogP contribution >= 0.6 is 11.8 Å². The predicted octanol–water partition coefficient (Wildman–Crippen LogP) is 3.32. The van der Waals surface area contributed by atoms with Gasteiger partial charge in [0.2, 0.25) is 0 Å². The average molecular weight is 444 g/mol. The summed E-state index contributed by atoms with van der Waals surface area (Å²) in [6.45, 7) is 2.20. The summed E-state index contributed by atoms with van der Waals surface area (Å²) >= 11 is 1.52. The van der Waals surface area contributed by atoms with Crippen molar-refractivity contribution in [3.63, 3.8) is 0 Å². The summed E-state index contributed by atoms with van der Waals surface area (Å²) in [7, 11) is 3.07. The molecule has 1 aliphatic heterocycles. The highest BCUT2D eigenvalue weighted by atomic mass is 32.2. The zero-order valence-electron chi connectivity index (χ0n) is 17.7. The minimum Gasteiger partial charge on any atom is -0.493 e. The summed E-state index contributed by atoms with van der Waals surface area (Å²) in [5.74, 6) is 2.20. The lowest BCUT2D eigenvalue weighted by Gasteiger charge is -2.26. The van der Waals surface area contributed by atoms with Gasteiger partial charge < -0.3 is 18.9 Å². The Labute approximate surface area is 185 Å². The van der Waals surface area contributed by atoms with Crippen LogP contribution in [0.25, 0.3) is 6.08 Å². The molecule has 0 aromatic heterocycles. The van der Waals surface area contributed by atoms with E-state index in [9.17, 15) is 9.59 Å². The number of esters is 1. The number of carbonyl (C=O) groups is 2. The lowest BCUT2D eigenvalue weighted by atomic mass is 10.1. The fraction of sp³-hybridized carbons (Fsp3) is 0.304. The molecule has 164 valence electrons. The Morgan fingerprint density at radius 3 is 2.45 bits per heavy atom. The fourth-order valence-electron chi connectivity index (χ4n) is 3.10. The smallest absolute Gasteiger partial charge is 0.308 e. The number of thioether (sulfide) groups is 1. The van der Waals surface area contributed by atoms with E-state index in [1.54, 1.807) is 31.4 Å². The summed E-state index contributed by atoms with van der Waals surface area (Å²) in [5, 5.41) is 3.28. The van der Waals surface area contributed by atoms with Gasteiger partial charge in [-0.1, -0.05) is 24.3 Å². The van der Waals surface area contributed by atoms with E-state index in [1.165, 1.54) is 31.9 Å². The topological polar surface area (TPSA) is 83.1 Å². The molecule has 0 amide bonds. The van der Waals surface area contributed by atoms with Gasteiger partial charge in [-0.15, -0.1) is 11.8 Å². The van der Waals surface area contributed by atoms with Crippen LogP contribution in [0.4, 0.5) is 0 Å². The molecule has 7 nitrogen and oxygen atoms in total. The monoisotopic (exact) mass is 443 g/mol. The Morgan fingerprint density at radius 2 is 1.81 bits per heavy atom. The van der Waals surface area contributed by atoms with E-state index in [0.717, 1.165) is 11.3 Å². The van der Waals surface area contributed by atoms with Crippen molar-refractivity contribution in [1.82, 2.24) is 5.32 Å². The third-order valence-electron chi connectivity index (χ3n) is 4.63. The molecule has 0 aliphatic carbocycles. The van der Waals surface area contributed by atoms with Crippen molar-refractivity contribution in [3.05, 3.63) is 54.1 Å². The molecule has 0 spiro atoms. The Balaban J connectivity index is 1.74. The molecule has 8 heteroatoms. The van der Waals surface area contributed by atoms with E-state index in [0.29, 0.717) is 29.5 Å². The SMILES string of the molecule is COc1ccccc1OCC1(C(=O)C=Cc2ccc(OC(C)=O)c(OC)c2)NCCS1. The van der Waals surface area contributed by atoms with Crippen LogP contribution in [0.5, 0.6) is 23.0 Å². The second kappa shape index (κ2) is 10.4. The number of hydrogen-bond acceptors (Lipinski definition) is 8. The first kappa shape index (κ1) is 22.7. The lowest BCUT2D eigenvalue weighted by Crippen LogP contribution is -2.49. The van der Waals surface area contributed by atoms with Gasteiger partial charge in [0, 0.05) is 19.2 Å². The minimum absolute atomic E-state index is 0.104. The zero-order valence-corrected chi connectivity index (χ0v) is 18.5. The molecule has 3 rings (SSSR count). The number of carbonyl (C=O) groups excluding carboxylic acids is 2. The maximum Gasteiger partial charge on any atom is 0.308 e. The third-order valence-corrected chi connectivity index (χ3v) is 5.99. The van der Waals surface area contributed by atoms with Crippen LogP contribution < -0.4 is 24.3 Å². The van der Waals surface area contributed by atoms with Crippen molar-refractivity contribution in [2.75, 3.05) is 33.1 Å². The Morgan fingerprint density at radius 1 is 1.06 bits per heavy atom. The van der Waals surface area contributed by atoms with Crippen molar-refractivity contribution in [3.8, 4) is 23.0 Å². The fourth-order valence-corrected chi connectivity index (χ4v) is 4.21. The summed E-state index contributed by atoms with van der Waals surface area (Å²) in [4.78, 5) is 23.4. The van der Waals surface area contributed by atoms with Crippen LogP contribution in [-0.2, 0) is 9.59 Å². The second-order valence-electron chi connectivity index (χ2n) is 6.74. The van der Waals surface area contributed by atoms with Crippen LogP contribution in [0.1, 0.15) is 12.5 Å². The molecule has 1 saturated heterocycles. The highest BCUT2D eigenvalue weighted by Gasteiger charge is 2.41. The van der Waals surface area contributed by atoms with Crippen LogP contribution in [-0.4, -0.2) is 49.7 Å². The van der Waals surface area contributed by atoms with Crippen LogP contribution in [0.3, 0.4) is 0 Å². The molecule has 1 unspecified atom stereocenters. The van der Waals surface area contributed by atoms with Crippen molar-refractivity contribution in [2.45, 2.75) is 11.8 Å². The van der Waals surface area contributed by atoms with Crippen LogP contribution in [0.2, 0.25) is 0 Å². The van der Waals surface area contributed by atoms with Crippen molar-refractivity contribution in [1.29, 1.82) is 0 Å². The third kappa shape index (κ3) is 5.59. The lowest BCUT2D eigenvalue weighted by molar-refractivity contribution is -0.132. The number of ketones is 1. The average Bonchev–Trinajstić information content (AvgIpc) is 3.27. The predicted molar refractivity (Wildman–Crippen MR) is 120 cm³/mol. The standard InChI is InChI=1S/C23H25NO6S/c1-16(25)30-20-10-8-17(14-21(20)28-3)9-11-22(26)23(24-12-13-31-23)15-29-19-7-5-4-6-18(19)27-2/h4-11,14,24H,12-13,15H2,1-3H3. The van der Waals surface area contributed by atoms with E-state index in [2.05, 4.69) is 5.32 Å². The number of ether oxygens (including phenoxy) is 4. The normalized spacial score (nSPS) is 18.0. The van der Waals surface area contributed by atoms with Gasteiger partial charge >= 0.3 is 5.97 Å². The van der Waals surface area contributed by atoms with Crippen molar-refractivity contribution < 1.29 is 28.5 Å². The first-order valence-electron chi connectivity index (χ1n) is 9.71. The number of nitrogens with one attached hydrogen (secondary N) is 1. The largest absolute Gasteiger partial charge is 0.493 e. The molecule has 1 heterocycles. The molecule has 1 N–H and O–H groups in total. The number of benzene rings is 2. The van der Waals surface area contributed by atoms with Gasteiger partial charge in [0.05, 0.1) is 14.2 Å². The molecule has 0 saturated carbocycles. The number of methoxy groups -OCH3 is 2. The van der Waals surface area contributed by atoms with E-state index in [-0.39, 0.29) is 12.4 Å². The van der Waals surface area contributed by atoms with Gasteiger partial charge in [-0.3, -0.25) is 14.9 Å². The second-order valence-corrected chi connectivity index (χ2v) is 8.14. The molecule has 31 heavy (non-hydrogen) atoms. The van der Waals surface area contributed by atoms with E-state index in [4.69, 9.17) is 18.9 Å². The summed E-state index contributed by atoms with van der Waals surface area (Å²) < 4.78 is 21.7. The number of rotatable bonds is 9. The van der Waals surface area contributed by atoms with Gasteiger partial charge in [0.25, 0.3) is 0 Å². The molecule has 0 radical (unpaired) electrons. The molecular formula is C23H25NO6S. The van der Waals surface area contributed by atoms with Crippen LogP contribution in [0, 0.1) is 0 Å². The highest BCUT2D eigenvalue weighted by molar-refractivity contribution is 8.01. The molecule has 2 aromatic rings. The molecule has 1 aliphatic rings. The van der Waals surface area contributed by atoms with Gasteiger partial charge in [-0.05, 0) is 35.9 Å². The Bertz CT molecular complexity index is 968. The van der Waals surface area contributed by atoms with E-state index < -0.39 is 10.8 Å². The van der Waals surface area contributed by atoms with Gasteiger partial charge in [-0.25, -0.2) is 0 Å². The Hall–Kier alpha value is -2.97. The molecular weight excluding hydrogens is 418 g/mol. The number of para-hydroxylation sites is 2. The van der Waals surface area contributed by atoms with Gasteiger partial charge in [-0.2, -0.15) is 0 Å². The quantitative estimate of drug-likeness (QED) is 0.359. The maximum absolute atomic E-state index is 13.1. The number of hydrogen-bond donors (Lipinski definition) is 1. The van der Waals surface area contributed by atoms with Crippen molar-refractivity contribution >= 4 is 29.6 Å². The highest BCUT2D eigenvalue weighted by Crippen LogP contribution is 2.33. The minimum atomic E-state index is -0.876. The van der Waals surface area contributed by atoms with Crippen LogP contribution in [0.15, 0.2) is 48.5 Å². The summed E-state index contributed by atoms with van der Waals surface area (Å²) in [6, 6.07) is 12.4.